The van der Waals surface area contributed by atoms with Gasteiger partial charge in [-0.3, -0.25) is 0 Å². The van der Waals surface area contributed by atoms with E-state index in [-0.39, 0.29) is 5.41 Å². The van der Waals surface area contributed by atoms with Gasteiger partial charge in [-0.1, -0.05) is 40.7 Å². The van der Waals surface area contributed by atoms with E-state index in [2.05, 4.69) is 34.6 Å². The maximum atomic E-state index is 11.0. The van der Waals surface area contributed by atoms with Gasteiger partial charge < -0.3 is 5.11 Å². The molecule has 1 aromatic carbocycles. The SMILES string of the molecule is CC(C)Cc1ccc(C(=O)O)cc1C(C)(C)C. The lowest BCUT2D eigenvalue weighted by molar-refractivity contribution is 0.0696. The van der Waals surface area contributed by atoms with Gasteiger partial charge in [-0.05, 0) is 41.0 Å². The third-order valence-electron chi connectivity index (χ3n) is 2.79. The number of carboxylic acid groups (broad SMARTS) is 1. The highest BCUT2D eigenvalue weighted by atomic mass is 16.4. The molecule has 0 heterocycles. The van der Waals surface area contributed by atoms with Crippen molar-refractivity contribution in [1.82, 2.24) is 0 Å². The zero-order valence-electron chi connectivity index (χ0n) is 11.4. The first-order chi connectivity index (χ1) is 7.71. The van der Waals surface area contributed by atoms with Gasteiger partial charge in [-0.2, -0.15) is 0 Å². The molecule has 0 amide bonds. The topological polar surface area (TPSA) is 37.3 Å². The number of aromatic carboxylic acids is 1. The molecule has 0 unspecified atom stereocenters. The van der Waals surface area contributed by atoms with Gasteiger partial charge in [-0.25, -0.2) is 4.79 Å². The number of carbonyl (C=O) groups is 1. The van der Waals surface area contributed by atoms with Crippen LogP contribution >= 0.6 is 0 Å². The van der Waals surface area contributed by atoms with Crippen molar-refractivity contribution in [2.45, 2.75) is 46.5 Å². The molecule has 94 valence electrons. The summed E-state index contributed by atoms with van der Waals surface area (Å²) < 4.78 is 0. The second kappa shape index (κ2) is 4.91. The highest BCUT2D eigenvalue weighted by Crippen LogP contribution is 2.28. The Bertz CT molecular complexity index is 411. The molecule has 0 fully saturated rings. The van der Waals surface area contributed by atoms with E-state index in [1.807, 2.05) is 12.1 Å². The van der Waals surface area contributed by atoms with E-state index in [1.165, 1.54) is 5.56 Å². The molecule has 0 saturated heterocycles. The molecular weight excluding hydrogens is 212 g/mol. The van der Waals surface area contributed by atoms with E-state index in [9.17, 15) is 4.79 Å². The molecule has 1 N–H and O–H groups in total. The third-order valence-corrected chi connectivity index (χ3v) is 2.79. The fourth-order valence-corrected chi connectivity index (χ4v) is 2.03. The van der Waals surface area contributed by atoms with Crippen molar-refractivity contribution < 1.29 is 9.90 Å². The number of rotatable bonds is 3. The third kappa shape index (κ3) is 3.58. The van der Waals surface area contributed by atoms with Crippen molar-refractivity contribution in [2.24, 2.45) is 5.92 Å². The molecule has 0 atom stereocenters. The van der Waals surface area contributed by atoms with Crippen molar-refractivity contribution in [2.75, 3.05) is 0 Å². The Balaban J connectivity index is 3.27. The zero-order chi connectivity index (χ0) is 13.2. The molecule has 0 bridgehead atoms. The summed E-state index contributed by atoms with van der Waals surface area (Å²) in [5, 5.41) is 9.05. The Hall–Kier alpha value is -1.31. The van der Waals surface area contributed by atoms with Crippen LogP contribution in [-0.4, -0.2) is 11.1 Å². The van der Waals surface area contributed by atoms with Crippen LogP contribution in [0.25, 0.3) is 0 Å². The van der Waals surface area contributed by atoms with Gasteiger partial charge in [0, 0.05) is 0 Å². The summed E-state index contributed by atoms with van der Waals surface area (Å²) in [7, 11) is 0. The minimum Gasteiger partial charge on any atom is -0.478 e. The lowest BCUT2D eigenvalue weighted by Gasteiger charge is -2.24. The number of hydrogen-bond acceptors (Lipinski definition) is 1. The molecule has 1 rings (SSSR count). The minimum atomic E-state index is -0.855. The van der Waals surface area contributed by atoms with E-state index in [0.717, 1.165) is 12.0 Å². The highest BCUT2D eigenvalue weighted by Gasteiger charge is 2.20. The van der Waals surface area contributed by atoms with Crippen LogP contribution in [-0.2, 0) is 11.8 Å². The average Bonchev–Trinajstić information content (AvgIpc) is 2.15. The van der Waals surface area contributed by atoms with Gasteiger partial charge in [-0.15, -0.1) is 0 Å². The second-order valence-electron chi connectivity index (χ2n) is 6.03. The summed E-state index contributed by atoms with van der Waals surface area (Å²) in [5.74, 6) is -0.279. The Morgan fingerprint density at radius 3 is 2.29 bits per heavy atom. The van der Waals surface area contributed by atoms with Gasteiger partial charge in [0.05, 0.1) is 5.56 Å². The summed E-state index contributed by atoms with van der Waals surface area (Å²) in [6, 6.07) is 5.49. The van der Waals surface area contributed by atoms with Crippen molar-refractivity contribution in [3.63, 3.8) is 0 Å². The van der Waals surface area contributed by atoms with E-state index in [4.69, 9.17) is 5.11 Å². The molecule has 1 aromatic rings. The van der Waals surface area contributed by atoms with Crippen molar-refractivity contribution in [3.8, 4) is 0 Å². The average molecular weight is 234 g/mol. The lowest BCUT2D eigenvalue weighted by Crippen LogP contribution is -2.16. The van der Waals surface area contributed by atoms with Crippen LogP contribution in [0.5, 0.6) is 0 Å². The summed E-state index contributed by atoms with van der Waals surface area (Å²) in [6.45, 7) is 10.7. The first-order valence-electron chi connectivity index (χ1n) is 6.08. The van der Waals surface area contributed by atoms with Crippen LogP contribution in [0.15, 0.2) is 18.2 Å². The van der Waals surface area contributed by atoms with Crippen molar-refractivity contribution in [3.05, 3.63) is 34.9 Å². The van der Waals surface area contributed by atoms with Gasteiger partial charge in [0.25, 0.3) is 0 Å². The van der Waals surface area contributed by atoms with E-state index >= 15 is 0 Å². The predicted molar refractivity (Wildman–Crippen MR) is 70.6 cm³/mol. The fraction of sp³-hybridized carbons (Fsp3) is 0.533. The van der Waals surface area contributed by atoms with E-state index < -0.39 is 5.97 Å². The van der Waals surface area contributed by atoms with Crippen LogP contribution in [0.4, 0.5) is 0 Å². The molecular formula is C15H22O2. The summed E-state index contributed by atoms with van der Waals surface area (Å²) in [5.41, 5.74) is 2.77. The fourth-order valence-electron chi connectivity index (χ4n) is 2.03. The minimum absolute atomic E-state index is 0.0182. The molecule has 0 aliphatic carbocycles. The Labute approximate surface area is 104 Å². The van der Waals surface area contributed by atoms with Gasteiger partial charge in [0.2, 0.25) is 0 Å². The Morgan fingerprint density at radius 2 is 1.88 bits per heavy atom. The van der Waals surface area contributed by atoms with Gasteiger partial charge in [0.15, 0.2) is 0 Å². The monoisotopic (exact) mass is 234 g/mol. The molecule has 0 radical (unpaired) electrons. The molecule has 0 aliphatic heterocycles. The first kappa shape index (κ1) is 13.8. The number of benzene rings is 1. The normalized spacial score (nSPS) is 11.9. The first-order valence-corrected chi connectivity index (χ1v) is 6.08. The standard InChI is InChI=1S/C15H22O2/c1-10(2)8-11-6-7-12(14(16)17)9-13(11)15(3,4)5/h6-7,9-10H,8H2,1-5H3,(H,16,17). The summed E-state index contributed by atoms with van der Waals surface area (Å²) in [4.78, 5) is 11.0. The highest BCUT2D eigenvalue weighted by molar-refractivity contribution is 5.88. The van der Waals surface area contributed by atoms with Crippen molar-refractivity contribution in [1.29, 1.82) is 0 Å². The molecule has 0 spiro atoms. The van der Waals surface area contributed by atoms with Crippen molar-refractivity contribution >= 4 is 5.97 Å². The van der Waals surface area contributed by atoms with Crippen LogP contribution in [0.2, 0.25) is 0 Å². The molecule has 0 aliphatic rings. The molecule has 17 heavy (non-hydrogen) atoms. The molecule has 2 heteroatoms. The quantitative estimate of drug-likeness (QED) is 0.861. The maximum Gasteiger partial charge on any atom is 0.335 e. The van der Waals surface area contributed by atoms with E-state index in [1.54, 1.807) is 6.07 Å². The number of carboxylic acids is 1. The van der Waals surface area contributed by atoms with Crippen LogP contribution in [0, 0.1) is 5.92 Å². The second-order valence-corrected chi connectivity index (χ2v) is 6.03. The molecule has 2 nitrogen and oxygen atoms in total. The van der Waals surface area contributed by atoms with Crippen LogP contribution in [0.1, 0.15) is 56.1 Å². The van der Waals surface area contributed by atoms with Gasteiger partial charge >= 0.3 is 5.97 Å². The number of hydrogen-bond donors (Lipinski definition) is 1. The molecule has 0 aromatic heterocycles. The van der Waals surface area contributed by atoms with Gasteiger partial charge in [0.1, 0.15) is 0 Å². The predicted octanol–water partition coefficient (Wildman–Crippen LogP) is 3.88. The summed E-state index contributed by atoms with van der Waals surface area (Å²) >= 11 is 0. The van der Waals surface area contributed by atoms with E-state index in [0.29, 0.717) is 11.5 Å². The Kier molecular flexibility index (Phi) is 3.97. The summed E-state index contributed by atoms with van der Waals surface area (Å²) in [6.07, 6.45) is 0.993. The smallest absolute Gasteiger partial charge is 0.335 e. The van der Waals surface area contributed by atoms with Crippen LogP contribution in [0.3, 0.4) is 0 Å². The largest absolute Gasteiger partial charge is 0.478 e. The lowest BCUT2D eigenvalue weighted by atomic mass is 9.81. The molecule has 0 saturated carbocycles. The zero-order valence-corrected chi connectivity index (χ0v) is 11.4. The van der Waals surface area contributed by atoms with Crippen LogP contribution < -0.4 is 0 Å². The Morgan fingerprint density at radius 1 is 1.29 bits per heavy atom. The maximum absolute atomic E-state index is 11.0.